The normalized spacial score (nSPS) is 11.8. The third-order valence-electron chi connectivity index (χ3n) is 12.4. The quantitative estimate of drug-likeness (QED) is 0.0903. The molecule has 0 fully saturated rings. The summed E-state index contributed by atoms with van der Waals surface area (Å²) in [7, 11) is 0. The first-order valence-electron chi connectivity index (χ1n) is 22.5. The van der Waals surface area contributed by atoms with Gasteiger partial charge < -0.3 is 8.98 Å². The van der Waals surface area contributed by atoms with Crippen molar-refractivity contribution in [2.24, 2.45) is 0 Å². The number of benzene rings is 6. The van der Waals surface area contributed by atoms with E-state index in [9.17, 15) is 0 Å². The van der Waals surface area contributed by atoms with Crippen LogP contribution in [0, 0.1) is 19.1 Å². The van der Waals surface area contributed by atoms with Crippen LogP contribution in [0.25, 0.3) is 94.4 Å². The molecule has 0 unspecified atom stereocenters. The van der Waals surface area contributed by atoms with E-state index in [1.165, 1.54) is 37.1 Å². The van der Waals surface area contributed by atoms with Crippen molar-refractivity contribution < 1.29 is 24.5 Å². The number of pyridine rings is 3. The molecule has 6 nitrogen and oxygen atoms in total. The minimum absolute atomic E-state index is 0. The maximum absolute atomic E-state index is 6.65. The zero-order chi connectivity index (χ0) is 45.0. The molecule has 329 valence electrons. The fourth-order valence-corrected chi connectivity index (χ4v) is 12.9. The molecule has 11 rings (SSSR count). The molecule has 1 radical (unpaired) electrons. The van der Waals surface area contributed by atoms with E-state index in [1.54, 1.807) is 6.20 Å². The van der Waals surface area contributed by atoms with E-state index in [4.69, 9.17) is 19.4 Å². The van der Waals surface area contributed by atoms with Crippen LogP contribution in [0.3, 0.4) is 0 Å². The van der Waals surface area contributed by atoms with Gasteiger partial charge in [-0.15, -0.1) is 11.6 Å². The van der Waals surface area contributed by atoms with Crippen LogP contribution < -0.4 is 4.40 Å². The van der Waals surface area contributed by atoms with Gasteiger partial charge in [0.15, 0.2) is 0 Å². The zero-order valence-corrected chi connectivity index (χ0v) is 43.1. The predicted octanol–water partition coefficient (Wildman–Crippen LogP) is 14.8. The van der Waals surface area contributed by atoms with Gasteiger partial charge in [-0.25, -0.2) is 4.98 Å². The van der Waals surface area contributed by atoms with E-state index in [-0.39, 0.29) is 26.0 Å². The van der Waals surface area contributed by atoms with E-state index in [0.29, 0.717) is 17.2 Å². The van der Waals surface area contributed by atoms with Crippen LogP contribution in [-0.4, -0.2) is 37.8 Å². The van der Waals surface area contributed by atoms with E-state index < -0.39 is 13.3 Å². The number of para-hydroxylation sites is 2. The first-order chi connectivity index (χ1) is 31.5. The van der Waals surface area contributed by atoms with Gasteiger partial charge in [0.05, 0.1) is 33.2 Å². The van der Waals surface area contributed by atoms with Crippen molar-refractivity contribution in [2.75, 3.05) is 0 Å². The average molecular weight is 1100 g/mol. The van der Waals surface area contributed by atoms with Crippen molar-refractivity contribution in [1.82, 2.24) is 24.5 Å². The molecule has 0 N–H and O–H groups in total. The number of imidazole rings is 1. The number of hydrogen-bond acceptors (Lipinski definition) is 5. The Morgan fingerprint density at radius 3 is 2.02 bits per heavy atom. The molecule has 0 spiro atoms. The molecule has 8 heteroatoms. The van der Waals surface area contributed by atoms with E-state index in [0.717, 1.165) is 67.1 Å². The average Bonchev–Trinajstić information content (AvgIpc) is 3.90. The number of hydrogen-bond donors (Lipinski definition) is 0. The third-order valence-corrected chi connectivity index (χ3v) is 16.7. The monoisotopic (exact) mass is 1100 g/mol. The van der Waals surface area contributed by atoms with Crippen molar-refractivity contribution in [3.8, 4) is 39.6 Å². The van der Waals surface area contributed by atoms with Crippen LogP contribution in [0.2, 0.25) is 17.3 Å². The predicted molar refractivity (Wildman–Crippen MR) is 273 cm³/mol. The number of aromatic nitrogens is 5. The molecule has 0 aliphatic rings. The van der Waals surface area contributed by atoms with Crippen LogP contribution in [-0.2, 0) is 20.1 Å². The third kappa shape index (κ3) is 8.08. The summed E-state index contributed by atoms with van der Waals surface area (Å²) in [6, 6.07) is 55.1. The van der Waals surface area contributed by atoms with Gasteiger partial charge in [0, 0.05) is 42.6 Å². The Balaban J connectivity index is 0.000000231. The molecule has 0 amide bonds. The summed E-state index contributed by atoms with van der Waals surface area (Å²) in [6.45, 7) is 11.2. The van der Waals surface area contributed by atoms with E-state index in [2.05, 4.69) is 177 Å². The Bertz CT molecular complexity index is 3550. The van der Waals surface area contributed by atoms with Gasteiger partial charge in [-0.1, -0.05) is 105 Å². The largest absolute Gasteiger partial charge is 0.499 e. The van der Waals surface area contributed by atoms with Gasteiger partial charge in [-0.05, 0) is 64.5 Å². The molecular formula is C58H51GeIrN5O-2. The van der Waals surface area contributed by atoms with Gasteiger partial charge in [0.25, 0.3) is 0 Å². The number of furan rings is 1. The first-order valence-corrected chi connectivity index (χ1v) is 29.9. The van der Waals surface area contributed by atoms with Crippen molar-refractivity contribution >= 4 is 72.4 Å². The van der Waals surface area contributed by atoms with Gasteiger partial charge in [-0.3, -0.25) is 9.97 Å². The van der Waals surface area contributed by atoms with Crippen LogP contribution in [0.15, 0.2) is 156 Å². The molecule has 66 heavy (non-hydrogen) atoms. The Morgan fingerprint density at radius 2 is 1.32 bits per heavy atom. The summed E-state index contributed by atoms with van der Waals surface area (Å²) < 4.78 is 10.5. The molecule has 0 atom stereocenters. The SMILES string of the molecule is CC(C)c1cc(-c2[c-]cccc2)nc[c]1[Ge]([CH3])([CH3])[CH3].Cc1cc(-c2ccccc2)nc2oc3c(-c4nc5ccccc5n4-c4c(C(C)C)c5ccccc5c5ccccc45)[c-]cnc3c12.[Ir]. The van der Waals surface area contributed by atoms with E-state index in [1.807, 2.05) is 42.5 Å². The Morgan fingerprint density at radius 1 is 0.652 bits per heavy atom. The fourth-order valence-electron chi connectivity index (χ4n) is 9.38. The van der Waals surface area contributed by atoms with Gasteiger partial charge >= 0.3 is 119 Å². The van der Waals surface area contributed by atoms with Crippen LogP contribution in [0.4, 0.5) is 0 Å². The maximum Gasteiger partial charge on any atom is 0.216 e. The minimum atomic E-state index is -1.85. The Labute approximate surface area is 402 Å². The molecule has 6 aromatic carbocycles. The van der Waals surface area contributed by atoms with Crippen LogP contribution in [0.5, 0.6) is 0 Å². The molecule has 0 aliphatic heterocycles. The Hall–Kier alpha value is -6.25. The van der Waals surface area contributed by atoms with Crippen molar-refractivity contribution in [3.63, 3.8) is 0 Å². The number of nitrogens with zero attached hydrogens (tertiary/aromatic N) is 5. The summed E-state index contributed by atoms with van der Waals surface area (Å²) in [6.07, 6.45) is 3.86. The molecule has 0 aliphatic carbocycles. The van der Waals surface area contributed by atoms with Crippen molar-refractivity contribution in [3.05, 3.63) is 181 Å². The Kier molecular flexibility index (Phi) is 12.4. The topological polar surface area (TPSA) is 69.6 Å². The summed E-state index contributed by atoms with van der Waals surface area (Å²) in [5.74, 6) is 8.83. The molecule has 0 saturated heterocycles. The number of rotatable bonds is 7. The molecule has 11 aromatic rings. The zero-order valence-electron chi connectivity index (χ0n) is 38.6. The van der Waals surface area contributed by atoms with Gasteiger partial charge in [0.2, 0.25) is 5.71 Å². The molecule has 0 bridgehead atoms. The first kappa shape index (κ1) is 44.9. The standard InChI is InChI=1S/C41H29N4O.C17H22GeN.Ir/c1-24(2)35-29-17-9-7-15-27(29)28-16-8-10-18-30(28)38(35)45-34-20-12-11-19-32(34)43-40(45)31-21-22-42-37-36-25(3)23-33(26-13-5-4-6-14-26)44-41(36)46-39(31)37;1-13(2)15-11-17(14-9-7-6-8-10-14)19-12-16(15)18(3,4)5;/h4-20,22-24H,1-3H3;6-9,11-13H,1-5H3;/q2*-1;. The summed E-state index contributed by atoms with van der Waals surface area (Å²) in [5.41, 5.74) is 13.6. The second-order valence-corrected chi connectivity index (χ2v) is 29.1. The van der Waals surface area contributed by atoms with Crippen LogP contribution in [0.1, 0.15) is 56.2 Å². The maximum atomic E-state index is 6.65. The molecular weight excluding hydrogens is 1050 g/mol. The van der Waals surface area contributed by atoms with Crippen LogP contribution >= 0.6 is 0 Å². The smallest absolute Gasteiger partial charge is 0.216 e. The van der Waals surface area contributed by atoms with Crippen molar-refractivity contribution in [1.29, 1.82) is 0 Å². The number of fused-ring (bicyclic) bond motifs is 7. The summed E-state index contributed by atoms with van der Waals surface area (Å²) in [5, 5.41) is 5.79. The van der Waals surface area contributed by atoms with Gasteiger partial charge in [0.1, 0.15) is 0 Å². The molecule has 5 heterocycles. The second kappa shape index (κ2) is 18.2. The molecule has 5 aromatic heterocycles. The molecule has 0 saturated carbocycles. The minimum Gasteiger partial charge on any atom is -0.499 e. The summed E-state index contributed by atoms with van der Waals surface area (Å²) >= 11 is -1.85. The van der Waals surface area contributed by atoms with Gasteiger partial charge in [-0.2, -0.15) is 0 Å². The second-order valence-electron chi connectivity index (χ2n) is 18.5. The van der Waals surface area contributed by atoms with Crippen molar-refractivity contribution in [2.45, 2.75) is 63.7 Å². The summed E-state index contributed by atoms with van der Waals surface area (Å²) in [4.78, 5) is 19.7. The fraction of sp³-hybridized carbons (Fsp3) is 0.172. The van der Waals surface area contributed by atoms with E-state index >= 15 is 0 Å². The number of aryl methyl sites for hydroxylation is 1.